The second-order valence-corrected chi connectivity index (χ2v) is 17.0. The number of ketones is 2. The maximum atomic E-state index is 13.6. The van der Waals surface area contributed by atoms with Crippen LogP contribution in [0.1, 0.15) is 59.5 Å². The third-order valence-corrected chi connectivity index (χ3v) is 12.5. The number of nitrogens with zero attached hydrogens (tertiary/aromatic N) is 4. The Balaban J connectivity index is 1.32. The van der Waals surface area contributed by atoms with Crippen molar-refractivity contribution < 1.29 is 28.8 Å². The molecule has 2 unspecified atom stereocenters. The predicted octanol–water partition coefficient (Wildman–Crippen LogP) is 13.9. The molecule has 0 aromatic heterocycles. The summed E-state index contributed by atoms with van der Waals surface area (Å²) >= 11 is 50.1. The van der Waals surface area contributed by atoms with E-state index in [1.807, 2.05) is 13.8 Å². The first kappa shape index (κ1) is 51.8. The van der Waals surface area contributed by atoms with Crippen molar-refractivity contribution >= 4 is 162 Å². The average molecular weight is 1050 g/mol. The van der Waals surface area contributed by atoms with Crippen LogP contribution in [0.3, 0.4) is 0 Å². The maximum absolute atomic E-state index is 13.6. The smallest absolute Gasteiger partial charge is 0.258 e. The van der Waals surface area contributed by atoms with Gasteiger partial charge in [-0.15, -0.1) is 0 Å². The van der Waals surface area contributed by atoms with Crippen LogP contribution in [0.4, 0.5) is 34.1 Å². The van der Waals surface area contributed by atoms with Crippen LogP contribution in [0.5, 0.6) is 0 Å². The molecule has 14 nitrogen and oxygen atoms in total. The van der Waals surface area contributed by atoms with E-state index < -0.39 is 47.3 Å². The van der Waals surface area contributed by atoms with Gasteiger partial charge in [-0.1, -0.05) is 119 Å². The topological polar surface area (TPSA) is 200 Å². The van der Waals surface area contributed by atoms with E-state index in [0.29, 0.717) is 35.3 Å². The van der Waals surface area contributed by atoms with Gasteiger partial charge in [0.2, 0.25) is 12.1 Å². The lowest BCUT2D eigenvalue weighted by molar-refractivity contribution is -0.127. The number of rotatable bonds is 16. The lowest BCUT2D eigenvalue weighted by Gasteiger charge is -2.20. The zero-order chi connectivity index (χ0) is 48.6. The highest BCUT2D eigenvalue weighted by Gasteiger charge is 2.28. The molecule has 5 rings (SSSR count). The van der Waals surface area contributed by atoms with Crippen molar-refractivity contribution in [2.75, 3.05) is 21.3 Å². The van der Waals surface area contributed by atoms with Crippen LogP contribution in [-0.2, 0) is 32.0 Å². The minimum absolute atomic E-state index is 0.0155. The third-order valence-electron chi connectivity index (χ3n) is 9.49. The van der Waals surface area contributed by atoms with Crippen LogP contribution in [0, 0.1) is 0 Å². The Labute approximate surface area is 417 Å². The Morgan fingerprint density at radius 2 is 0.818 bits per heavy atom. The summed E-state index contributed by atoms with van der Waals surface area (Å²) in [5.41, 5.74) is 1.82. The van der Waals surface area contributed by atoms with E-state index in [-0.39, 0.29) is 74.1 Å². The predicted molar refractivity (Wildman–Crippen MR) is 262 cm³/mol. The normalized spacial score (nSPS) is 12.2. The molecular weight excluding hydrogens is 1020 g/mol. The standard InChI is InChI=1S/C44H34Cl8N8O6/c1-5-21-22(6-2)30(54-44(66)38(20(4)62)60-58-32-12-8-10-24(34(32)50)42(64)56-40-28(48)16-14-26(46)36(40)52)18-17-29(21)53-43(65)37(19(3)61)59-57-31-11-7-9-23(33(31)49)41(63)55-39-27(47)15-13-25(45)35(39)51/h7-18,37-38H,5-6H2,1-4H3,(H,53,65)(H,54,66)(H,55,63)(H,56,64). The summed E-state index contributed by atoms with van der Waals surface area (Å²) < 4.78 is 0. The second-order valence-electron chi connectivity index (χ2n) is 13.9. The Bertz CT molecular complexity index is 2670. The van der Waals surface area contributed by atoms with Crippen molar-refractivity contribution in [2.24, 2.45) is 20.5 Å². The molecule has 22 heteroatoms. The van der Waals surface area contributed by atoms with Gasteiger partial charge in [0.25, 0.3) is 23.6 Å². The van der Waals surface area contributed by atoms with Gasteiger partial charge >= 0.3 is 0 Å². The van der Waals surface area contributed by atoms with Crippen LogP contribution >= 0.6 is 92.8 Å². The number of benzene rings is 5. The lowest BCUT2D eigenvalue weighted by Crippen LogP contribution is -2.33. The first-order valence-corrected chi connectivity index (χ1v) is 22.4. The Kier molecular flexibility index (Phi) is 18.1. The van der Waals surface area contributed by atoms with Gasteiger partial charge in [0, 0.05) is 11.4 Å². The number of nitrogens with one attached hydrogen (secondary N) is 4. The largest absolute Gasteiger partial charge is 0.323 e. The van der Waals surface area contributed by atoms with E-state index in [1.165, 1.54) is 72.8 Å². The summed E-state index contributed by atoms with van der Waals surface area (Å²) in [6.07, 6.45) is 0.720. The molecule has 0 saturated heterocycles. The molecule has 0 aliphatic heterocycles. The highest BCUT2D eigenvalue weighted by Crippen LogP contribution is 2.39. The summed E-state index contributed by atoms with van der Waals surface area (Å²) in [5, 5.41) is 27.0. The molecular formula is C44H34Cl8N8O6. The molecule has 66 heavy (non-hydrogen) atoms. The van der Waals surface area contributed by atoms with Crippen molar-refractivity contribution in [3.05, 3.63) is 135 Å². The van der Waals surface area contributed by atoms with Gasteiger partial charge in [0.1, 0.15) is 11.4 Å². The zero-order valence-electron chi connectivity index (χ0n) is 34.8. The van der Waals surface area contributed by atoms with Crippen LogP contribution in [0.25, 0.3) is 0 Å². The zero-order valence-corrected chi connectivity index (χ0v) is 40.8. The molecule has 2 atom stereocenters. The van der Waals surface area contributed by atoms with Gasteiger partial charge in [-0.3, -0.25) is 28.8 Å². The van der Waals surface area contributed by atoms with Crippen molar-refractivity contribution in [3.63, 3.8) is 0 Å². The van der Waals surface area contributed by atoms with Gasteiger partial charge in [0.15, 0.2) is 11.6 Å². The molecule has 0 bridgehead atoms. The Hall–Kier alpha value is -5.16. The molecule has 5 aromatic carbocycles. The first-order valence-electron chi connectivity index (χ1n) is 19.3. The van der Waals surface area contributed by atoms with E-state index in [9.17, 15) is 28.8 Å². The summed E-state index contributed by atoms with van der Waals surface area (Å²) in [6.45, 7) is 5.95. The van der Waals surface area contributed by atoms with Crippen molar-refractivity contribution in [1.29, 1.82) is 0 Å². The van der Waals surface area contributed by atoms with Crippen molar-refractivity contribution in [3.8, 4) is 0 Å². The van der Waals surface area contributed by atoms with E-state index in [4.69, 9.17) is 92.8 Å². The number of hydrogen-bond acceptors (Lipinski definition) is 10. The van der Waals surface area contributed by atoms with Crippen LogP contribution in [0.2, 0.25) is 40.2 Å². The fourth-order valence-corrected chi connectivity index (χ4v) is 7.95. The second kappa shape index (κ2) is 23.0. The summed E-state index contributed by atoms with van der Waals surface area (Å²) in [7, 11) is 0. The molecule has 0 heterocycles. The number of anilines is 4. The SMILES string of the molecule is CCc1c(NC(=O)C(N=Nc2cccc(C(=O)Nc3c(Cl)ccc(Cl)c3Cl)c2Cl)C(C)=O)ccc(NC(=O)C(N=Nc2cccc(C(=O)Nc3c(Cl)ccc(Cl)c3Cl)c2Cl)C(C)=O)c1CC. The van der Waals surface area contributed by atoms with E-state index in [2.05, 4.69) is 41.7 Å². The maximum Gasteiger partial charge on any atom is 0.258 e. The summed E-state index contributed by atoms with van der Waals surface area (Å²) in [4.78, 5) is 79.1. The molecule has 0 aliphatic rings. The third kappa shape index (κ3) is 12.0. The Morgan fingerprint density at radius 1 is 0.470 bits per heavy atom. The van der Waals surface area contributed by atoms with E-state index in [1.54, 1.807) is 0 Å². The average Bonchev–Trinajstić information content (AvgIpc) is 3.27. The van der Waals surface area contributed by atoms with E-state index in [0.717, 1.165) is 13.8 Å². The summed E-state index contributed by atoms with van der Waals surface area (Å²) in [6, 6.07) is 14.2. The number of amides is 4. The van der Waals surface area contributed by atoms with Crippen molar-refractivity contribution in [2.45, 2.75) is 52.6 Å². The molecule has 0 radical (unpaired) electrons. The van der Waals surface area contributed by atoms with Crippen LogP contribution in [-0.4, -0.2) is 47.3 Å². The first-order chi connectivity index (χ1) is 31.3. The number of azo groups is 2. The van der Waals surface area contributed by atoms with Gasteiger partial charge in [-0.25, -0.2) is 0 Å². The minimum Gasteiger partial charge on any atom is -0.323 e. The molecule has 4 N–H and O–H groups in total. The van der Waals surface area contributed by atoms with Gasteiger partial charge in [0.05, 0.1) is 62.7 Å². The number of Topliss-reactive ketones (excluding diaryl/α,β-unsaturated/α-hetero) is 2. The lowest BCUT2D eigenvalue weighted by atomic mass is 9.98. The number of carbonyl (C=O) groups excluding carboxylic acids is 6. The van der Waals surface area contributed by atoms with Crippen LogP contribution in [0.15, 0.2) is 93.3 Å². The molecule has 0 aliphatic carbocycles. The van der Waals surface area contributed by atoms with Gasteiger partial charge < -0.3 is 21.3 Å². The number of carbonyl (C=O) groups is 6. The van der Waals surface area contributed by atoms with Gasteiger partial charge in [-0.2, -0.15) is 20.5 Å². The minimum atomic E-state index is -1.64. The van der Waals surface area contributed by atoms with E-state index >= 15 is 0 Å². The fourth-order valence-electron chi connectivity index (χ4n) is 6.20. The molecule has 4 amide bonds. The Morgan fingerprint density at radius 3 is 1.15 bits per heavy atom. The molecule has 0 saturated carbocycles. The molecule has 0 fully saturated rings. The monoisotopic (exact) mass is 1050 g/mol. The molecule has 5 aromatic rings. The summed E-state index contributed by atoms with van der Waals surface area (Å²) in [5.74, 6) is -4.37. The number of hydrogen-bond donors (Lipinski definition) is 4. The van der Waals surface area contributed by atoms with Crippen molar-refractivity contribution in [1.82, 2.24) is 0 Å². The highest BCUT2D eigenvalue weighted by molar-refractivity contribution is 6.48. The molecule has 342 valence electrons. The molecule has 0 spiro atoms. The van der Waals surface area contributed by atoms with Gasteiger partial charge in [-0.05, 0) is 98.5 Å². The fraction of sp³-hybridized carbons (Fsp3) is 0.182. The number of halogens is 8. The highest BCUT2D eigenvalue weighted by atomic mass is 35.5. The van der Waals surface area contributed by atoms with Crippen LogP contribution < -0.4 is 21.3 Å². The quantitative estimate of drug-likeness (QED) is 0.0430.